The largest absolute Gasteiger partial charge is 0.497 e. The van der Waals surface area contributed by atoms with Crippen molar-refractivity contribution in [2.45, 2.75) is 31.2 Å². The summed E-state index contributed by atoms with van der Waals surface area (Å²) in [6, 6.07) is 7.57. The van der Waals surface area contributed by atoms with Crippen molar-refractivity contribution >= 4 is 0 Å². The first-order valence-electron chi connectivity index (χ1n) is 6.91. The zero-order valence-electron chi connectivity index (χ0n) is 11.5. The summed E-state index contributed by atoms with van der Waals surface area (Å²) in [4.78, 5) is 0. The Bertz CT molecular complexity index is 371. The van der Waals surface area contributed by atoms with Crippen molar-refractivity contribution in [3.8, 4) is 11.5 Å². The van der Waals surface area contributed by atoms with Crippen LogP contribution in [0.3, 0.4) is 0 Å². The highest BCUT2D eigenvalue weighted by Gasteiger charge is 2.32. The third kappa shape index (κ3) is 3.85. The molecular formula is C15H23NO3. The number of rotatable bonds is 7. The van der Waals surface area contributed by atoms with Gasteiger partial charge in [0.15, 0.2) is 0 Å². The molecule has 0 aliphatic heterocycles. The molecule has 2 N–H and O–H groups in total. The maximum Gasteiger partial charge on any atom is 0.119 e. The third-order valence-electron chi connectivity index (χ3n) is 3.79. The highest BCUT2D eigenvalue weighted by atomic mass is 16.5. The van der Waals surface area contributed by atoms with E-state index in [1.54, 1.807) is 7.11 Å². The fraction of sp³-hybridized carbons (Fsp3) is 0.600. The summed E-state index contributed by atoms with van der Waals surface area (Å²) in [6.45, 7) is 1.58. The monoisotopic (exact) mass is 265 g/mol. The van der Waals surface area contributed by atoms with Gasteiger partial charge >= 0.3 is 0 Å². The van der Waals surface area contributed by atoms with Gasteiger partial charge in [0, 0.05) is 12.1 Å². The van der Waals surface area contributed by atoms with E-state index in [4.69, 9.17) is 9.47 Å². The minimum Gasteiger partial charge on any atom is -0.497 e. The van der Waals surface area contributed by atoms with Gasteiger partial charge in [-0.1, -0.05) is 12.8 Å². The number of hydrogen-bond donors (Lipinski definition) is 2. The lowest BCUT2D eigenvalue weighted by Gasteiger charge is -2.28. The molecule has 0 bridgehead atoms. The normalized spacial score (nSPS) is 17.4. The van der Waals surface area contributed by atoms with Crippen LogP contribution < -0.4 is 14.8 Å². The molecule has 4 heteroatoms. The lowest BCUT2D eigenvalue weighted by atomic mass is 9.99. The summed E-state index contributed by atoms with van der Waals surface area (Å²) >= 11 is 0. The molecule has 0 radical (unpaired) electrons. The number of methoxy groups -OCH3 is 1. The molecule has 4 nitrogen and oxygen atoms in total. The van der Waals surface area contributed by atoms with Crippen molar-refractivity contribution in [2.24, 2.45) is 0 Å². The van der Waals surface area contributed by atoms with E-state index >= 15 is 0 Å². The van der Waals surface area contributed by atoms with Crippen molar-refractivity contribution < 1.29 is 14.6 Å². The van der Waals surface area contributed by atoms with Crippen LogP contribution in [0.1, 0.15) is 25.7 Å². The molecule has 0 aromatic heterocycles. The first-order valence-corrected chi connectivity index (χ1v) is 6.91. The van der Waals surface area contributed by atoms with Crippen LogP contribution in [0.25, 0.3) is 0 Å². The molecule has 0 spiro atoms. The van der Waals surface area contributed by atoms with Crippen molar-refractivity contribution in [3.05, 3.63) is 24.3 Å². The Morgan fingerprint density at radius 1 is 1.16 bits per heavy atom. The Hall–Kier alpha value is -1.26. The zero-order valence-corrected chi connectivity index (χ0v) is 11.5. The molecule has 1 saturated carbocycles. The van der Waals surface area contributed by atoms with E-state index in [1.807, 2.05) is 24.3 Å². The average molecular weight is 265 g/mol. The average Bonchev–Trinajstić information content (AvgIpc) is 2.94. The summed E-state index contributed by atoms with van der Waals surface area (Å²) in [6.07, 6.45) is 4.53. The predicted molar refractivity (Wildman–Crippen MR) is 74.8 cm³/mol. The molecular weight excluding hydrogens is 242 g/mol. The lowest BCUT2D eigenvalue weighted by Crippen LogP contribution is -2.47. The summed E-state index contributed by atoms with van der Waals surface area (Å²) < 4.78 is 10.7. The van der Waals surface area contributed by atoms with Crippen molar-refractivity contribution in [1.29, 1.82) is 0 Å². The highest BCUT2D eigenvalue weighted by molar-refractivity contribution is 5.31. The van der Waals surface area contributed by atoms with E-state index in [0.29, 0.717) is 6.61 Å². The van der Waals surface area contributed by atoms with Gasteiger partial charge in [-0.05, 0) is 37.1 Å². The highest BCUT2D eigenvalue weighted by Crippen LogP contribution is 2.28. The molecule has 0 unspecified atom stereocenters. The first-order chi connectivity index (χ1) is 9.28. The fourth-order valence-electron chi connectivity index (χ4n) is 2.60. The molecule has 1 aromatic carbocycles. The molecule has 0 atom stereocenters. The second-order valence-corrected chi connectivity index (χ2v) is 5.10. The van der Waals surface area contributed by atoms with Crippen LogP contribution in [-0.4, -0.2) is 37.5 Å². The molecule has 0 saturated heterocycles. The summed E-state index contributed by atoms with van der Waals surface area (Å²) in [5, 5.41) is 12.9. The zero-order chi connectivity index (χ0) is 13.6. The van der Waals surface area contributed by atoms with Gasteiger partial charge in [0.1, 0.15) is 18.1 Å². The Balaban J connectivity index is 1.71. The van der Waals surface area contributed by atoms with Gasteiger partial charge in [-0.3, -0.25) is 0 Å². The third-order valence-corrected chi connectivity index (χ3v) is 3.79. The molecule has 1 aliphatic carbocycles. The quantitative estimate of drug-likeness (QED) is 0.740. The van der Waals surface area contributed by atoms with Crippen LogP contribution in [0.15, 0.2) is 24.3 Å². The number of benzene rings is 1. The minimum absolute atomic E-state index is 0.0662. The number of ether oxygens (including phenoxy) is 2. The number of aliphatic hydroxyl groups is 1. The van der Waals surface area contributed by atoms with Gasteiger partial charge in [0.05, 0.1) is 13.7 Å². The summed E-state index contributed by atoms with van der Waals surface area (Å²) in [5.74, 6) is 1.67. The van der Waals surface area contributed by atoms with Gasteiger partial charge in [-0.25, -0.2) is 0 Å². The maximum absolute atomic E-state index is 9.47. The summed E-state index contributed by atoms with van der Waals surface area (Å²) in [5.41, 5.74) is -0.0662. The van der Waals surface area contributed by atoms with Crippen molar-refractivity contribution in [3.63, 3.8) is 0 Å². The summed E-state index contributed by atoms with van der Waals surface area (Å²) in [7, 11) is 1.65. The van der Waals surface area contributed by atoms with Crippen LogP contribution in [0.5, 0.6) is 11.5 Å². The molecule has 1 aromatic rings. The van der Waals surface area contributed by atoms with Gasteiger partial charge in [-0.2, -0.15) is 0 Å². The van der Waals surface area contributed by atoms with E-state index in [1.165, 1.54) is 12.8 Å². The molecule has 0 amide bonds. The van der Waals surface area contributed by atoms with E-state index in [-0.39, 0.29) is 12.1 Å². The fourth-order valence-corrected chi connectivity index (χ4v) is 2.60. The first kappa shape index (κ1) is 14.2. The van der Waals surface area contributed by atoms with E-state index < -0.39 is 0 Å². The Kier molecular flexibility index (Phi) is 5.05. The molecule has 1 aliphatic rings. The molecule has 1 fully saturated rings. The second kappa shape index (κ2) is 6.78. The Labute approximate surface area is 114 Å². The van der Waals surface area contributed by atoms with Crippen LogP contribution in [-0.2, 0) is 0 Å². The maximum atomic E-state index is 9.47. The van der Waals surface area contributed by atoms with E-state index in [9.17, 15) is 5.11 Å². The molecule has 2 rings (SSSR count). The topological polar surface area (TPSA) is 50.7 Å². The van der Waals surface area contributed by atoms with Gasteiger partial charge < -0.3 is 19.9 Å². The van der Waals surface area contributed by atoms with Crippen LogP contribution in [0, 0.1) is 0 Å². The van der Waals surface area contributed by atoms with E-state index in [2.05, 4.69) is 5.32 Å². The minimum atomic E-state index is -0.0662. The smallest absolute Gasteiger partial charge is 0.119 e. The predicted octanol–water partition coefficient (Wildman–Crippen LogP) is 1.97. The van der Waals surface area contributed by atoms with E-state index in [0.717, 1.165) is 30.9 Å². The standard InChI is InChI=1S/C15H23NO3/c1-18-13-4-6-14(7-5-13)19-11-10-16-15(12-17)8-2-3-9-15/h4-7,16-17H,2-3,8-12H2,1H3. The molecule has 0 heterocycles. The van der Waals surface area contributed by atoms with Gasteiger partial charge in [0.2, 0.25) is 0 Å². The number of aliphatic hydroxyl groups excluding tert-OH is 1. The van der Waals surface area contributed by atoms with Gasteiger partial charge in [-0.15, -0.1) is 0 Å². The van der Waals surface area contributed by atoms with Crippen LogP contribution in [0.2, 0.25) is 0 Å². The number of nitrogens with one attached hydrogen (secondary N) is 1. The Morgan fingerprint density at radius 2 is 1.79 bits per heavy atom. The van der Waals surface area contributed by atoms with Crippen molar-refractivity contribution in [1.82, 2.24) is 5.32 Å². The van der Waals surface area contributed by atoms with Crippen molar-refractivity contribution in [2.75, 3.05) is 26.9 Å². The number of hydrogen-bond acceptors (Lipinski definition) is 4. The Morgan fingerprint density at radius 3 is 2.37 bits per heavy atom. The molecule has 19 heavy (non-hydrogen) atoms. The van der Waals surface area contributed by atoms with Gasteiger partial charge in [0.25, 0.3) is 0 Å². The lowest BCUT2D eigenvalue weighted by molar-refractivity contribution is 0.157. The van der Waals surface area contributed by atoms with Crippen LogP contribution in [0.4, 0.5) is 0 Å². The SMILES string of the molecule is COc1ccc(OCCNC2(CO)CCCC2)cc1. The van der Waals surface area contributed by atoms with Crippen LogP contribution >= 0.6 is 0 Å². The second-order valence-electron chi connectivity index (χ2n) is 5.10. The molecule has 106 valence electrons.